The Kier molecular flexibility index (Phi) is 8.45. The van der Waals surface area contributed by atoms with E-state index in [1.807, 2.05) is 19.1 Å². The second-order valence-corrected chi connectivity index (χ2v) is 5.91. The van der Waals surface area contributed by atoms with E-state index >= 15 is 0 Å². The molecular formula is C18H23BrClNO2. The summed E-state index contributed by atoms with van der Waals surface area (Å²) in [5, 5.41) is 3.53. The van der Waals surface area contributed by atoms with Gasteiger partial charge >= 0.3 is 0 Å². The number of benzene rings is 2. The summed E-state index contributed by atoms with van der Waals surface area (Å²) in [6.07, 6.45) is 0. The second kappa shape index (κ2) is 9.81. The topological polar surface area (TPSA) is 30.5 Å². The lowest BCUT2D eigenvalue weighted by molar-refractivity contribution is 0.308. The molecule has 3 nitrogen and oxygen atoms in total. The fourth-order valence-corrected chi connectivity index (χ4v) is 2.89. The first-order chi connectivity index (χ1) is 10.7. The summed E-state index contributed by atoms with van der Waals surface area (Å²) in [6, 6.07) is 14.8. The van der Waals surface area contributed by atoms with Crippen molar-refractivity contribution in [3.05, 3.63) is 58.1 Å². The van der Waals surface area contributed by atoms with Crippen LogP contribution in [0.15, 0.2) is 46.9 Å². The summed E-state index contributed by atoms with van der Waals surface area (Å²) in [6.45, 7) is 5.49. The Labute approximate surface area is 152 Å². The lowest BCUT2D eigenvalue weighted by atomic mass is 10.1. The van der Waals surface area contributed by atoms with E-state index < -0.39 is 0 Å². The zero-order chi connectivity index (χ0) is 15.9. The van der Waals surface area contributed by atoms with Gasteiger partial charge in [-0.1, -0.05) is 30.3 Å². The van der Waals surface area contributed by atoms with Crippen molar-refractivity contribution in [1.29, 1.82) is 0 Å². The van der Waals surface area contributed by atoms with Crippen molar-refractivity contribution in [3.8, 4) is 11.5 Å². The number of halogens is 2. The van der Waals surface area contributed by atoms with Crippen LogP contribution in [0.1, 0.15) is 31.0 Å². The summed E-state index contributed by atoms with van der Waals surface area (Å²) in [4.78, 5) is 0. The largest absolute Gasteiger partial charge is 0.493 e. The molecule has 126 valence electrons. The second-order valence-electron chi connectivity index (χ2n) is 5.06. The quantitative estimate of drug-likeness (QED) is 0.699. The maximum absolute atomic E-state index is 5.62. The van der Waals surface area contributed by atoms with E-state index in [-0.39, 0.29) is 18.4 Å². The molecule has 0 aromatic heterocycles. The first-order valence-corrected chi connectivity index (χ1v) is 8.22. The molecule has 2 aromatic carbocycles. The van der Waals surface area contributed by atoms with Gasteiger partial charge in [0.15, 0.2) is 11.5 Å². The molecule has 0 saturated heterocycles. The molecule has 0 radical (unpaired) electrons. The Hall–Kier alpha value is -1.23. The summed E-state index contributed by atoms with van der Waals surface area (Å²) in [5.74, 6) is 1.50. The Balaban J connectivity index is 0.00000264. The monoisotopic (exact) mass is 399 g/mol. The molecule has 0 aliphatic carbocycles. The Bertz CT molecular complexity index is 607. The summed E-state index contributed by atoms with van der Waals surface area (Å²) >= 11 is 3.56. The Morgan fingerprint density at radius 1 is 1.17 bits per heavy atom. The van der Waals surface area contributed by atoms with Gasteiger partial charge in [-0.15, -0.1) is 12.4 Å². The molecule has 2 rings (SSSR count). The molecule has 0 saturated carbocycles. The van der Waals surface area contributed by atoms with Crippen LogP contribution in [0.4, 0.5) is 0 Å². The van der Waals surface area contributed by atoms with E-state index in [9.17, 15) is 0 Å². The molecule has 0 aliphatic rings. The molecular weight excluding hydrogens is 378 g/mol. The molecule has 0 fully saturated rings. The molecule has 0 spiro atoms. The molecule has 0 aliphatic heterocycles. The van der Waals surface area contributed by atoms with Gasteiger partial charge < -0.3 is 14.8 Å². The van der Waals surface area contributed by atoms with E-state index in [1.165, 1.54) is 5.56 Å². The van der Waals surface area contributed by atoms with Crippen molar-refractivity contribution in [3.63, 3.8) is 0 Å². The maximum atomic E-state index is 5.62. The van der Waals surface area contributed by atoms with Gasteiger partial charge in [-0.25, -0.2) is 0 Å². The van der Waals surface area contributed by atoms with Gasteiger partial charge in [-0.05, 0) is 53.0 Å². The molecule has 0 amide bonds. The first kappa shape index (κ1) is 19.8. The minimum absolute atomic E-state index is 0. The number of hydrogen-bond donors (Lipinski definition) is 1. The van der Waals surface area contributed by atoms with Gasteiger partial charge in [0.1, 0.15) is 0 Å². The third-order valence-corrected chi connectivity index (χ3v) is 4.08. The third kappa shape index (κ3) is 5.41. The third-order valence-electron chi connectivity index (χ3n) is 3.49. The van der Waals surface area contributed by atoms with E-state index in [0.717, 1.165) is 28.1 Å². The Morgan fingerprint density at radius 3 is 2.48 bits per heavy atom. The van der Waals surface area contributed by atoms with Crippen molar-refractivity contribution in [2.75, 3.05) is 13.7 Å². The number of rotatable bonds is 7. The van der Waals surface area contributed by atoms with Crippen LogP contribution in [-0.4, -0.2) is 13.7 Å². The fourth-order valence-electron chi connectivity index (χ4n) is 2.29. The van der Waals surface area contributed by atoms with Gasteiger partial charge in [0.05, 0.1) is 18.2 Å². The van der Waals surface area contributed by atoms with Crippen LogP contribution < -0.4 is 14.8 Å². The molecule has 1 unspecified atom stereocenters. The van der Waals surface area contributed by atoms with E-state index in [4.69, 9.17) is 9.47 Å². The highest BCUT2D eigenvalue weighted by Crippen LogP contribution is 2.36. The van der Waals surface area contributed by atoms with Crippen LogP contribution in [0.5, 0.6) is 11.5 Å². The first-order valence-electron chi connectivity index (χ1n) is 7.43. The van der Waals surface area contributed by atoms with Crippen molar-refractivity contribution in [2.24, 2.45) is 0 Å². The maximum Gasteiger partial charge on any atom is 0.175 e. The summed E-state index contributed by atoms with van der Waals surface area (Å²) in [7, 11) is 1.66. The molecule has 23 heavy (non-hydrogen) atoms. The van der Waals surface area contributed by atoms with E-state index in [0.29, 0.717) is 6.61 Å². The lowest BCUT2D eigenvalue weighted by Gasteiger charge is -2.16. The molecule has 2 aromatic rings. The molecule has 1 N–H and O–H groups in total. The van der Waals surface area contributed by atoms with Gasteiger partial charge in [0.2, 0.25) is 0 Å². The average molecular weight is 401 g/mol. The van der Waals surface area contributed by atoms with Crippen molar-refractivity contribution >= 4 is 28.3 Å². The molecule has 5 heteroatoms. The van der Waals surface area contributed by atoms with Crippen LogP contribution in [0.3, 0.4) is 0 Å². The Morgan fingerprint density at radius 2 is 1.87 bits per heavy atom. The van der Waals surface area contributed by atoms with Crippen molar-refractivity contribution < 1.29 is 9.47 Å². The minimum Gasteiger partial charge on any atom is -0.493 e. The highest BCUT2D eigenvalue weighted by molar-refractivity contribution is 9.10. The molecule has 0 bridgehead atoms. The van der Waals surface area contributed by atoms with Gasteiger partial charge in [0, 0.05) is 12.6 Å². The average Bonchev–Trinajstić information content (AvgIpc) is 2.55. The van der Waals surface area contributed by atoms with Gasteiger partial charge in [-0.3, -0.25) is 0 Å². The van der Waals surface area contributed by atoms with Crippen LogP contribution >= 0.6 is 28.3 Å². The smallest absolute Gasteiger partial charge is 0.175 e. The number of methoxy groups -OCH3 is 1. The fraction of sp³-hybridized carbons (Fsp3) is 0.333. The van der Waals surface area contributed by atoms with Crippen molar-refractivity contribution in [1.82, 2.24) is 5.32 Å². The number of hydrogen-bond acceptors (Lipinski definition) is 3. The van der Waals surface area contributed by atoms with Gasteiger partial charge in [-0.2, -0.15) is 0 Å². The van der Waals surface area contributed by atoms with Crippen LogP contribution in [-0.2, 0) is 6.54 Å². The minimum atomic E-state index is 0. The predicted molar refractivity (Wildman–Crippen MR) is 101 cm³/mol. The highest BCUT2D eigenvalue weighted by atomic mass is 79.9. The normalized spacial score (nSPS) is 11.5. The molecule has 0 heterocycles. The van der Waals surface area contributed by atoms with Crippen LogP contribution in [0, 0.1) is 0 Å². The standard InChI is InChI=1S/C18H22BrNO2.ClH/c1-4-22-18-16(19)10-14(11-17(18)21-3)12-20-13(2)15-8-6-5-7-9-15;/h5-11,13,20H,4,12H2,1-3H3;1H. The molecule has 1 atom stereocenters. The van der Waals surface area contributed by atoms with E-state index in [1.54, 1.807) is 7.11 Å². The summed E-state index contributed by atoms with van der Waals surface area (Å²) in [5.41, 5.74) is 2.43. The van der Waals surface area contributed by atoms with Gasteiger partial charge in [0.25, 0.3) is 0 Å². The SMILES string of the molecule is CCOc1c(Br)cc(CNC(C)c2ccccc2)cc1OC.Cl. The zero-order valence-electron chi connectivity index (χ0n) is 13.6. The van der Waals surface area contributed by atoms with Crippen LogP contribution in [0.2, 0.25) is 0 Å². The van der Waals surface area contributed by atoms with Crippen LogP contribution in [0.25, 0.3) is 0 Å². The summed E-state index contributed by atoms with van der Waals surface area (Å²) < 4.78 is 12.0. The number of ether oxygens (including phenoxy) is 2. The van der Waals surface area contributed by atoms with E-state index in [2.05, 4.69) is 58.5 Å². The lowest BCUT2D eigenvalue weighted by Crippen LogP contribution is -2.18. The highest BCUT2D eigenvalue weighted by Gasteiger charge is 2.12. The number of nitrogens with one attached hydrogen (secondary N) is 1. The zero-order valence-corrected chi connectivity index (χ0v) is 16.0. The van der Waals surface area contributed by atoms with Crippen molar-refractivity contribution in [2.45, 2.75) is 26.4 Å². The predicted octanol–water partition coefficient (Wildman–Crippen LogP) is 5.13.